The summed E-state index contributed by atoms with van der Waals surface area (Å²) >= 11 is 0. The van der Waals surface area contributed by atoms with Gasteiger partial charge in [0.15, 0.2) is 0 Å². The number of carbonyl (C=O) groups is 2. The fraction of sp³-hybridized carbons (Fsp3) is 0.519. The molecule has 0 atom stereocenters. The monoisotopic (exact) mass is 491 g/mol. The van der Waals surface area contributed by atoms with E-state index in [9.17, 15) is 9.59 Å². The van der Waals surface area contributed by atoms with Gasteiger partial charge in [-0.1, -0.05) is 6.07 Å². The van der Waals surface area contributed by atoms with Crippen LogP contribution < -0.4 is 0 Å². The van der Waals surface area contributed by atoms with Gasteiger partial charge < -0.3 is 9.47 Å². The van der Waals surface area contributed by atoms with Crippen LogP contribution in [0.15, 0.2) is 18.2 Å². The van der Waals surface area contributed by atoms with Crippen LogP contribution in [0.2, 0.25) is 0 Å². The van der Waals surface area contributed by atoms with Gasteiger partial charge in [-0.2, -0.15) is 10.2 Å². The Balaban J connectivity index is 1.52. The summed E-state index contributed by atoms with van der Waals surface area (Å²) in [4.78, 5) is 29.4. The molecule has 0 bridgehead atoms. The van der Waals surface area contributed by atoms with Crippen molar-refractivity contribution in [2.75, 3.05) is 13.2 Å². The van der Waals surface area contributed by atoms with Crippen molar-refractivity contribution in [1.82, 2.24) is 24.5 Å². The Labute approximate surface area is 210 Å². The number of esters is 2. The SMILES string of the molecule is CCOC(=O)Cn1nc(-c2cccc(-c3nn(CC(=O)OCC)c4c3CCCC4)n2)c2c1CCCC2. The van der Waals surface area contributed by atoms with Crippen LogP contribution in [0, 0.1) is 0 Å². The molecule has 2 aliphatic rings. The predicted octanol–water partition coefficient (Wildman–Crippen LogP) is 3.69. The Kier molecular flexibility index (Phi) is 7.16. The van der Waals surface area contributed by atoms with Crippen molar-refractivity contribution in [2.24, 2.45) is 0 Å². The van der Waals surface area contributed by atoms with Crippen molar-refractivity contribution >= 4 is 11.9 Å². The first-order chi connectivity index (χ1) is 17.6. The number of carbonyl (C=O) groups excluding carboxylic acids is 2. The zero-order valence-corrected chi connectivity index (χ0v) is 21.1. The molecular weight excluding hydrogens is 458 g/mol. The van der Waals surface area contributed by atoms with E-state index in [0.29, 0.717) is 13.2 Å². The van der Waals surface area contributed by atoms with Gasteiger partial charge in [0.1, 0.15) is 24.5 Å². The first kappa shape index (κ1) is 24.2. The molecule has 3 aromatic rings. The van der Waals surface area contributed by atoms with E-state index >= 15 is 0 Å². The summed E-state index contributed by atoms with van der Waals surface area (Å²) in [6.07, 6.45) is 7.98. The lowest BCUT2D eigenvalue weighted by Gasteiger charge is -2.14. The minimum atomic E-state index is -0.277. The summed E-state index contributed by atoms with van der Waals surface area (Å²) in [5.41, 5.74) is 7.76. The zero-order chi connectivity index (χ0) is 25.1. The van der Waals surface area contributed by atoms with Crippen LogP contribution in [-0.4, -0.2) is 49.7 Å². The molecule has 9 heteroatoms. The van der Waals surface area contributed by atoms with Crippen molar-refractivity contribution in [1.29, 1.82) is 0 Å². The predicted molar refractivity (Wildman–Crippen MR) is 133 cm³/mol. The third-order valence-electron chi connectivity index (χ3n) is 6.92. The van der Waals surface area contributed by atoms with Gasteiger partial charge in [-0.25, -0.2) is 4.98 Å². The summed E-state index contributed by atoms with van der Waals surface area (Å²) in [6.45, 7) is 4.55. The van der Waals surface area contributed by atoms with Gasteiger partial charge >= 0.3 is 11.9 Å². The Morgan fingerprint density at radius 2 is 1.19 bits per heavy atom. The van der Waals surface area contributed by atoms with E-state index in [1.807, 2.05) is 32.0 Å². The van der Waals surface area contributed by atoms with Gasteiger partial charge in [0.05, 0.1) is 24.6 Å². The molecule has 2 aliphatic carbocycles. The van der Waals surface area contributed by atoms with E-state index in [-0.39, 0.29) is 25.0 Å². The highest BCUT2D eigenvalue weighted by Crippen LogP contribution is 2.34. The summed E-state index contributed by atoms with van der Waals surface area (Å²) < 4.78 is 13.9. The Bertz CT molecular complexity index is 1180. The normalized spacial score (nSPS) is 14.7. The minimum absolute atomic E-state index is 0.113. The van der Waals surface area contributed by atoms with Gasteiger partial charge in [-0.15, -0.1) is 0 Å². The molecule has 3 aromatic heterocycles. The molecule has 9 nitrogen and oxygen atoms in total. The third-order valence-corrected chi connectivity index (χ3v) is 6.92. The Morgan fingerprint density at radius 3 is 1.64 bits per heavy atom. The quantitative estimate of drug-likeness (QED) is 0.443. The highest BCUT2D eigenvalue weighted by atomic mass is 16.5. The van der Waals surface area contributed by atoms with Gasteiger partial charge in [0.25, 0.3) is 0 Å². The molecule has 0 radical (unpaired) electrons. The van der Waals surface area contributed by atoms with Gasteiger partial charge in [0, 0.05) is 22.5 Å². The van der Waals surface area contributed by atoms with Crippen molar-refractivity contribution < 1.29 is 19.1 Å². The van der Waals surface area contributed by atoms with E-state index in [1.54, 1.807) is 9.36 Å². The van der Waals surface area contributed by atoms with Gasteiger partial charge in [-0.05, 0) is 77.3 Å². The van der Waals surface area contributed by atoms with Gasteiger partial charge in [0.2, 0.25) is 0 Å². The van der Waals surface area contributed by atoms with Gasteiger partial charge in [-0.3, -0.25) is 19.0 Å². The molecule has 36 heavy (non-hydrogen) atoms. The average molecular weight is 492 g/mol. The fourth-order valence-corrected chi connectivity index (χ4v) is 5.37. The maximum atomic E-state index is 12.2. The molecule has 0 spiro atoms. The van der Waals surface area contributed by atoms with Crippen LogP contribution in [-0.2, 0) is 57.8 Å². The largest absolute Gasteiger partial charge is 0.465 e. The topological polar surface area (TPSA) is 101 Å². The summed E-state index contributed by atoms with van der Waals surface area (Å²) in [7, 11) is 0. The van der Waals surface area contributed by atoms with Crippen LogP contribution in [0.3, 0.4) is 0 Å². The van der Waals surface area contributed by atoms with E-state index in [1.165, 1.54) is 11.1 Å². The van der Waals surface area contributed by atoms with E-state index in [2.05, 4.69) is 0 Å². The Morgan fingerprint density at radius 1 is 0.750 bits per heavy atom. The second-order valence-electron chi connectivity index (χ2n) is 9.30. The summed E-state index contributed by atoms with van der Waals surface area (Å²) in [5.74, 6) is -0.555. The van der Waals surface area contributed by atoms with E-state index in [4.69, 9.17) is 24.7 Å². The first-order valence-corrected chi connectivity index (χ1v) is 13.0. The molecule has 0 aromatic carbocycles. The smallest absolute Gasteiger partial charge is 0.327 e. The lowest BCUT2D eigenvalue weighted by atomic mass is 9.94. The molecule has 0 amide bonds. The standard InChI is InChI=1S/C27H33N5O4/c1-3-35-24(33)16-31-22-14-7-5-10-18(22)26(29-31)20-12-9-13-21(28-20)27-19-11-6-8-15-23(19)32(30-27)17-25(34)36-4-2/h9,12-13H,3-8,10-11,14-17H2,1-2H3. The molecule has 190 valence electrons. The number of pyridine rings is 1. The summed E-state index contributed by atoms with van der Waals surface area (Å²) in [5, 5.41) is 9.68. The third kappa shape index (κ3) is 4.79. The second kappa shape index (κ2) is 10.6. The van der Waals surface area contributed by atoms with E-state index < -0.39 is 0 Å². The number of nitrogens with zero attached hydrogens (tertiary/aromatic N) is 5. The molecule has 3 heterocycles. The average Bonchev–Trinajstić information content (AvgIpc) is 3.43. The highest BCUT2D eigenvalue weighted by molar-refractivity contribution is 5.72. The number of hydrogen-bond acceptors (Lipinski definition) is 7. The van der Waals surface area contributed by atoms with Crippen LogP contribution >= 0.6 is 0 Å². The number of fused-ring (bicyclic) bond motifs is 2. The van der Waals surface area contributed by atoms with E-state index in [0.717, 1.165) is 85.5 Å². The lowest BCUT2D eigenvalue weighted by Crippen LogP contribution is -2.17. The molecule has 0 N–H and O–H groups in total. The highest BCUT2D eigenvalue weighted by Gasteiger charge is 2.26. The maximum absolute atomic E-state index is 12.2. The van der Waals surface area contributed by atoms with Crippen molar-refractivity contribution in [3.63, 3.8) is 0 Å². The minimum Gasteiger partial charge on any atom is -0.465 e. The zero-order valence-electron chi connectivity index (χ0n) is 21.1. The summed E-state index contributed by atoms with van der Waals surface area (Å²) in [6, 6.07) is 5.92. The molecule has 5 rings (SSSR count). The number of aromatic nitrogens is 5. The second-order valence-corrected chi connectivity index (χ2v) is 9.30. The van der Waals surface area contributed by atoms with Crippen molar-refractivity contribution in [3.8, 4) is 22.8 Å². The molecular formula is C27H33N5O4. The number of rotatable bonds is 8. The van der Waals surface area contributed by atoms with Crippen LogP contribution in [0.1, 0.15) is 62.0 Å². The fourth-order valence-electron chi connectivity index (χ4n) is 5.37. The van der Waals surface area contributed by atoms with Crippen molar-refractivity contribution in [2.45, 2.75) is 78.3 Å². The maximum Gasteiger partial charge on any atom is 0.327 e. The van der Waals surface area contributed by atoms with Crippen molar-refractivity contribution in [3.05, 3.63) is 40.7 Å². The van der Waals surface area contributed by atoms with Crippen LogP contribution in [0.25, 0.3) is 22.8 Å². The molecule has 0 unspecified atom stereocenters. The number of hydrogen-bond donors (Lipinski definition) is 0. The number of ether oxygens (including phenoxy) is 2. The Hall–Kier alpha value is -3.49. The molecule has 0 fully saturated rings. The van der Waals surface area contributed by atoms with Crippen LogP contribution in [0.5, 0.6) is 0 Å². The lowest BCUT2D eigenvalue weighted by molar-refractivity contribution is -0.145. The molecule has 0 saturated heterocycles. The molecule has 0 aliphatic heterocycles. The van der Waals surface area contributed by atoms with Crippen LogP contribution in [0.4, 0.5) is 0 Å². The molecule has 0 saturated carbocycles. The first-order valence-electron chi connectivity index (χ1n) is 13.0.